The van der Waals surface area contributed by atoms with Crippen LogP contribution in [0.25, 0.3) is 6.08 Å². The van der Waals surface area contributed by atoms with Crippen molar-refractivity contribution in [3.05, 3.63) is 100 Å². The highest BCUT2D eigenvalue weighted by Crippen LogP contribution is 2.35. The quantitative estimate of drug-likeness (QED) is 0.547. The first kappa shape index (κ1) is 17.3. The number of hydrogen-bond donors (Lipinski definition) is 0. The second-order valence-electron chi connectivity index (χ2n) is 6.03. The molecule has 3 aromatic carbocycles. The summed E-state index contributed by atoms with van der Waals surface area (Å²) in [7, 11) is 0. The topological polar surface area (TPSA) is 35.5 Å². The van der Waals surface area contributed by atoms with Crippen LogP contribution in [0, 0.1) is 5.82 Å². The van der Waals surface area contributed by atoms with Gasteiger partial charge in [-0.1, -0.05) is 41.9 Å². The predicted molar refractivity (Wildman–Crippen MR) is 102 cm³/mol. The van der Waals surface area contributed by atoms with Crippen LogP contribution in [-0.4, -0.2) is 5.78 Å². The molecule has 1 heterocycles. The molecule has 0 bridgehead atoms. The summed E-state index contributed by atoms with van der Waals surface area (Å²) in [5.41, 5.74) is 1.87. The van der Waals surface area contributed by atoms with Crippen LogP contribution in [0.4, 0.5) is 4.39 Å². The van der Waals surface area contributed by atoms with E-state index in [2.05, 4.69) is 0 Å². The summed E-state index contributed by atoms with van der Waals surface area (Å²) in [6.07, 6.45) is 1.52. The van der Waals surface area contributed by atoms with Gasteiger partial charge in [-0.15, -0.1) is 0 Å². The summed E-state index contributed by atoms with van der Waals surface area (Å²) in [4.78, 5) is 12.5. The molecule has 3 nitrogen and oxygen atoms in total. The lowest BCUT2D eigenvalue weighted by Gasteiger charge is -2.08. The summed E-state index contributed by atoms with van der Waals surface area (Å²) < 4.78 is 24.7. The third-order valence-corrected chi connectivity index (χ3v) is 4.51. The molecular weight excluding hydrogens is 367 g/mol. The van der Waals surface area contributed by atoms with Crippen LogP contribution in [0.5, 0.6) is 11.5 Å². The minimum absolute atomic E-state index is 0.152. The van der Waals surface area contributed by atoms with Gasteiger partial charge in [0.1, 0.15) is 23.9 Å². The Kier molecular flexibility index (Phi) is 4.65. The molecule has 134 valence electrons. The first-order chi connectivity index (χ1) is 13.1. The van der Waals surface area contributed by atoms with Crippen molar-refractivity contribution < 1.29 is 18.7 Å². The molecule has 1 aliphatic rings. The van der Waals surface area contributed by atoms with Crippen LogP contribution in [0.3, 0.4) is 0 Å². The number of rotatable bonds is 4. The summed E-state index contributed by atoms with van der Waals surface area (Å²) in [6.45, 7) is 0.304. The van der Waals surface area contributed by atoms with E-state index in [-0.39, 0.29) is 17.4 Å². The molecule has 1 aliphatic heterocycles. The molecule has 0 aromatic heterocycles. The van der Waals surface area contributed by atoms with E-state index in [1.807, 2.05) is 18.2 Å². The normalized spacial score (nSPS) is 14.1. The van der Waals surface area contributed by atoms with E-state index in [0.717, 1.165) is 5.56 Å². The van der Waals surface area contributed by atoms with Crippen LogP contribution in [0.15, 0.2) is 72.5 Å². The fraction of sp³-hybridized carbons (Fsp3) is 0.0455. The standard InChI is InChI=1S/C22H14ClFO3/c23-19-7-2-1-5-15(19)13-26-17-8-9-18-20(12-17)27-21(22(18)25)11-14-4-3-6-16(24)10-14/h1-12H,13H2. The lowest BCUT2D eigenvalue weighted by molar-refractivity contribution is 0.101. The lowest BCUT2D eigenvalue weighted by atomic mass is 10.1. The van der Waals surface area contributed by atoms with Gasteiger partial charge in [0, 0.05) is 16.7 Å². The monoisotopic (exact) mass is 380 g/mol. The van der Waals surface area contributed by atoms with Gasteiger partial charge in [0.25, 0.3) is 0 Å². The van der Waals surface area contributed by atoms with E-state index in [1.165, 1.54) is 18.2 Å². The van der Waals surface area contributed by atoms with E-state index in [1.54, 1.807) is 36.4 Å². The molecule has 27 heavy (non-hydrogen) atoms. The minimum Gasteiger partial charge on any atom is -0.489 e. The molecule has 0 atom stereocenters. The number of carbonyl (C=O) groups is 1. The Morgan fingerprint density at radius 3 is 2.70 bits per heavy atom. The first-order valence-electron chi connectivity index (χ1n) is 8.30. The van der Waals surface area contributed by atoms with Crippen molar-refractivity contribution in [3.63, 3.8) is 0 Å². The zero-order valence-corrected chi connectivity index (χ0v) is 14.9. The minimum atomic E-state index is -0.373. The molecule has 0 saturated heterocycles. The number of benzene rings is 3. The SMILES string of the molecule is O=C1C(=Cc2cccc(F)c2)Oc2cc(OCc3ccccc3Cl)ccc21. The van der Waals surface area contributed by atoms with Crippen molar-refractivity contribution in [2.24, 2.45) is 0 Å². The number of hydrogen-bond acceptors (Lipinski definition) is 3. The molecule has 5 heteroatoms. The van der Waals surface area contributed by atoms with Gasteiger partial charge < -0.3 is 9.47 Å². The number of allylic oxidation sites excluding steroid dienone is 1. The van der Waals surface area contributed by atoms with Gasteiger partial charge in [0.2, 0.25) is 5.78 Å². The van der Waals surface area contributed by atoms with E-state index in [0.29, 0.717) is 34.3 Å². The zero-order chi connectivity index (χ0) is 18.8. The van der Waals surface area contributed by atoms with E-state index in [9.17, 15) is 9.18 Å². The van der Waals surface area contributed by atoms with E-state index in [4.69, 9.17) is 21.1 Å². The van der Waals surface area contributed by atoms with Crippen molar-refractivity contribution >= 4 is 23.5 Å². The van der Waals surface area contributed by atoms with E-state index < -0.39 is 0 Å². The van der Waals surface area contributed by atoms with Gasteiger partial charge in [-0.05, 0) is 42.0 Å². The van der Waals surface area contributed by atoms with Gasteiger partial charge in [-0.2, -0.15) is 0 Å². The summed E-state index contributed by atoms with van der Waals surface area (Å²) in [5, 5.41) is 0.630. The second kappa shape index (κ2) is 7.25. The highest BCUT2D eigenvalue weighted by molar-refractivity contribution is 6.31. The molecule has 0 aliphatic carbocycles. The molecule has 0 N–H and O–H groups in total. The van der Waals surface area contributed by atoms with Gasteiger partial charge >= 0.3 is 0 Å². The Hall–Kier alpha value is -3.11. The molecule has 0 radical (unpaired) electrons. The van der Waals surface area contributed by atoms with Crippen LogP contribution < -0.4 is 9.47 Å². The van der Waals surface area contributed by atoms with Crippen LogP contribution >= 0.6 is 11.6 Å². The number of fused-ring (bicyclic) bond motifs is 1. The maximum atomic E-state index is 13.3. The number of Topliss-reactive ketones (excluding diaryl/α,β-unsaturated/α-hetero) is 1. The summed E-state index contributed by atoms with van der Waals surface area (Å²) in [6, 6.07) is 18.4. The molecule has 0 fully saturated rings. The Bertz CT molecular complexity index is 1060. The number of ether oxygens (including phenoxy) is 2. The fourth-order valence-electron chi connectivity index (χ4n) is 2.78. The Morgan fingerprint density at radius 2 is 1.89 bits per heavy atom. The number of halogens is 2. The number of ketones is 1. The molecule has 0 unspecified atom stereocenters. The molecular formula is C22H14ClFO3. The van der Waals surface area contributed by atoms with E-state index >= 15 is 0 Å². The van der Waals surface area contributed by atoms with Gasteiger partial charge in [-0.3, -0.25) is 4.79 Å². The van der Waals surface area contributed by atoms with Crippen molar-refractivity contribution in [1.82, 2.24) is 0 Å². The largest absolute Gasteiger partial charge is 0.489 e. The molecule has 3 aromatic rings. The maximum Gasteiger partial charge on any atom is 0.231 e. The smallest absolute Gasteiger partial charge is 0.231 e. The Labute approximate surface area is 160 Å². The van der Waals surface area contributed by atoms with Crippen molar-refractivity contribution in [3.8, 4) is 11.5 Å². The summed E-state index contributed by atoms with van der Waals surface area (Å²) >= 11 is 6.13. The van der Waals surface area contributed by atoms with Crippen LogP contribution in [0.2, 0.25) is 5.02 Å². The third-order valence-electron chi connectivity index (χ3n) is 4.14. The average Bonchev–Trinajstić information content (AvgIpc) is 2.96. The highest BCUT2D eigenvalue weighted by Gasteiger charge is 2.27. The molecule has 4 rings (SSSR count). The average molecular weight is 381 g/mol. The van der Waals surface area contributed by atoms with Gasteiger partial charge in [0.15, 0.2) is 5.76 Å². The molecule has 0 amide bonds. The summed E-state index contributed by atoms with van der Waals surface area (Å²) in [5.74, 6) is 0.515. The van der Waals surface area contributed by atoms with Crippen molar-refractivity contribution in [2.45, 2.75) is 6.61 Å². The Balaban J connectivity index is 1.53. The van der Waals surface area contributed by atoms with Gasteiger partial charge in [0.05, 0.1) is 5.56 Å². The van der Waals surface area contributed by atoms with Crippen LogP contribution in [0.1, 0.15) is 21.5 Å². The molecule has 0 saturated carbocycles. The maximum absolute atomic E-state index is 13.3. The lowest BCUT2D eigenvalue weighted by Crippen LogP contribution is -1.98. The zero-order valence-electron chi connectivity index (χ0n) is 14.1. The predicted octanol–water partition coefficient (Wildman–Crippen LogP) is 5.67. The van der Waals surface area contributed by atoms with Crippen LogP contribution in [-0.2, 0) is 6.61 Å². The first-order valence-corrected chi connectivity index (χ1v) is 8.68. The fourth-order valence-corrected chi connectivity index (χ4v) is 2.97. The van der Waals surface area contributed by atoms with Crippen molar-refractivity contribution in [2.75, 3.05) is 0 Å². The Morgan fingerprint density at radius 1 is 1.04 bits per heavy atom. The second-order valence-corrected chi connectivity index (χ2v) is 6.44. The van der Waals surface area contributed by atoms with Crippen molar-refractivity contribution in [1.29, 1.82) is 0 Å². The van der Waals surface area contributed by atoms with Gasteiger partial charge in [-0.25, -0.2) is 4.39 Å². The highest BCUT2D eigenvalue weighted by atomic mass is 35.5. The third kappa shape index (κ3) is 3.71. The molecule has 0 spiro atoms. The number of carbonyl (C=O) groups excluding carboxylic acids is 1.